The smallest absolute Gasteiger partial charge is 0.243 e. The zero-order valence-corrected chi connectivity index (χ0v) is 15.5. The average Bonchev–Trinajstić information content (AvgIpc) is 3.39. The van der Waals surface area contributed by atoms with Gasteiger partial charge >= 0.3 is 0 Å². The number of benzene rings is 1. The number of rotatable bonds is 4. The van der Waals surface area contributed by atoms with Crippen molar-refractivity contribution in [2.45, 2.75) is 36.1 Å². The Morgan fingerprint density at radius 2 is 2.04 bits per heavy atom. The van der Waals surface area contributed by atoms with Gasteiger partial charge in [0.25, 0.3) is 0 Å². The second-order valence-corrected chi connectivity index (χ2v) is 8.66. The summed E-state index contributed by atoms with van der Waals surface area (Å²) in [5.74, 6) is 0.0776. The van der Waals surface area contributed by atoms with E-state index in [1.54, 1.807) is 12.4 Å². The zero-order valence-electron chi connectivity index (χ0n) is 14.7. The molecule has 1 aliphatic rings. The predicted octanol–water partition coefficient (Wildman–Crippen LogP) is 2.36. The van der Waals surface area contributed by atoms with Crippen molar-refractivity contribution in [3.8, 4) is 0 Å². The van der Waals surface area contributed by atoms with Crippen LogP contribution < -0.4 is 4.72 Å². The van der Waals surface area contributed by atoms with Crippen molar-refractivity contribution in [3.05, 3.63) is 54.4 Å². The van der Waals surface area contributed by atoms with Crippen LogP contribution in [0, 0.1) is 5.82 Å². The van der Waals surface area contributed by atoms with Crippen molar-refractivity contribution < 1.29 is 12.8 Å². The SMILES string of the molecule is O=S(=O)(N[C@H]1CC[C@@H](c2nnc3cnc4[nH]ccc4n23)C1)c1ccccc1F. The lowest BCUT2D eigenvalue weighted by molar-refractivity contribution is 0.533. The lowest BCUT2D eigenvalue weighted by atomic mass is 10.1. The second-order valence-electron chi connectivity index (χ2n) is 6.98. The quantitative estimate of drug-likeness (QED) is 0.547. The molecule has 1 saturated carbocycles. The molecule has 0 radical (unpaired) electrons. The summed E-state index contributed by atoms with van der Waals surface area (Å²) in [4.78, 5) is 7.05. The highest BCUT2D eigenvalue weighted by Gasteiger charge is 2.33. The minimum atomic E-state index is -3.92. The van der Waals surface area contributed by atoms with E-state index in [2.05, 4.69) is 24.9 Å². The first-order chi connectivity index (χ1) is 13.5. The highest BCUT2D eigenvalue weighted by atomic mass is 32.2. The molecule has 144 valence electrons. The highest BCUT2D eigenvalue weighted by Crippen LogP contribution is 2.35. The van der Waals surface area contributed by atoms with Gasteiger partial charge in [0.2, 0.25) is 10.0 Å². The van der Waals surface area contributed by atoms with E-state index >= 15 is 0 Å². The summed E-state index contributed by atoms with van der Waals surface area (Å²) < 4.78 is 43.6. The van der Waals surface area contributed by atoms with Gasteiger partial charge in [0.05, 0.1) is 11.7 Å². The standard InChI is InChI=1S/C18H17FN6O2S/c19-13-3-1-2-4-15(13)28(26,27)24-12-6-5-11(9-12)18-23-22-16-10-21-17-14(25(16)18)7-8-20-17/h1-4,7-8,10-12,20,24H,5-6,9H2/t11-,12+/m1/s1. The lowest BCUT2D eigenvalue weighted by Crippen LogP contribution is -2.33. The number of hydrogen-bond donors (Lipinski definition) is 2. The average molecular weight is 400 g/mol. The molecule has 1 aliphatic carbocycles. The van der Waals surface area contributed by atoms with Crippen molar-refractivity contribution in [1.29, 1.82) is 0 Å². The van der Waals surface area contributed by atoms with E-state index in [1.807, 2.05) is 10.5 Å². The Hall–Kier alpha value is -2.85. The maximum absolute atomic E-state index is 13.9. The third-order valence-electron chi connectivity index (χ3n) is 5.21. The molecular weight excluding hydrogens is 383 g/mol. The fourth-order valence-electron chi connectivity index (χ4n) is 3.93. The van der Waals surface area contributed by atoms with Crippen LogP contribution in [-0.4, -0.2) is 39.0 Å². The molecule has 5 rings (SSSR count). The van der Waals surface area contributed by atoms with E-state index in [0.717, 1.165) is 29.5 Å². The monoisotopic (exact) mass is 400 g/mol. The number of halogens is 1. The highest BCUT2D eigenvalue weighted by molar-refractivity contribution is 7.89. The number of H-pyrrole nitrogens is 1. The Kier molecular flexibility index (Phi) is 3.91. The molecule has 0 saturated heterocycles. The minimum Gasteiger partial charge on any atom is -0.345 e. The molecule has 28 heavy (non-hydrogen) atoms. The van der Waals surface area contributed by atoms with Crippen LogP contribution in [0.25, 0.3) is 16.8 Å². The third-order valence-corrected chi connectivity index (χ3v) is 6.77. The van der Waals surface area contributed by atoms with E-state index in [9.17, 15) is 12.8 Å². The van der Waals surface area contributed by atoms with Crippen LogP contribution in [0.15, 0.2) is 47.6 Å². The fraction of sp³-hybridized carbons (Fsp3) is 0.278. The van der Waals surface area contributed by atoms with Crippen LogP contribution in [0.3, 0.4) is 0 Å². The predicted molar refractivity (Wildman–Crippen MR) is 99.7 cm³/mol. The van der Waals surface area contributed by atoms with Gasteiger partial charge < -0.3 is 4.98 Å². The second kappa shape index (κ2) is 6.35. The summed E-state index contributed by atoms with van der Waals surface area (Å²) >= 11 is 0. The molecule has 2 N–H and O–H groups in total. The zero-order chi connectivity index (χ0) is 19.3. The summed E-state index contributed by atoms with van der Waals surface area (Å²) in [6, 6.07) is 7.01. The van der Waals surface area contributed by atoms with E-state index in [1.165, 1.54) is 18.2 Å². The first-order valence-electron chi connectivity index (χ1n) is 8.97. The van der Waals surface area contributed by atoms with Crippen LogP contribution >= 0.6 is 0 Å². The van der Waals surface area contributed by atoms with Gasteiger partial charge in [-0.25, -0.2) is 22.5 Å². The Morgan fingerprint density at radius 1 is 1.18 bits per heavy atom. The Labute approximate surface area is 159 Å². The number of hydrogen-bond acceptors (Lipinski definition) is 5. The number of nitrogens with one attached hydrogen (secondary N) is 2. The molecule has 0 spiro atoms. The van der Waals surface area contributed by atoms with Gasteiger partial charge in [-0.15, -0.1) is 10.2 Å². The van der Waals surface area contributed by atoms with Crippen molar-refractivity contribution in [1.82, 2.24) is 29.3 Å². The van der Waals surface area contributed by atoms with E-state index in [-0.39, 0.29) is 16.9 Å². The van der Waals surface area contributed by atoms with Crippen molar-refractivity contribution in [2.75, 3.05) is 0 Å². The molecular formula is C18H17FN6O2S. The normalized spacial score (nSPS) is 20.3. The Morgan fingerprint density at radius 3 is 2.89 bits per heavy atom. The largest absolute Gasteiger partial charge is 0.345 e. The fourth-order valence-corrected chi connectivity index (χ4v) is 5.29. The van der Waals surface area contributed by atoms with Gasteiger partial charge in [0, 0.05) is 18.2 Å². The van der Waals surface area contributed by atoms with Crippen LogP contribution in [-0.2, 0) is 10.0 Å². The van der Waals surface area contributed by atoms with Gasteiger partial charge in [-0.3, -0.25) is 4.40 Å². The molecule has 2 atom stereocenters. The number of sulfonamides is 1. The number of fused-ring (bicyclic) bond motifs is 3. The van der Waals surface area contributed by atoms with Crippen molar-refractivity contribution >= 4 is 26.8 Å². The summed E-state index contributed by atoms with van der Waals surface area (Å²) in [5.41, 5.74) is 2.27. The summed E-state index contributed by atoms with van der Waals surface area (Å²) in [6.45, 7) is 0. The molecule has 1 fully saturated rings. The minimum absolute atomic E-state index is 0.0452. The molecule has 0 unspecified atom stereocenters. The molecule has 3 aromatic heterocycles. The van der Waals surface area contributed by atoms with Gasteiger partial charge in [-0.1, -0.05) is 12.1 Å². The molecule has 4 aromatic rings. The molecule has 0 aliphatic heterocycles. The van der Waals surface area contributed by atoms with Gasteiger partial charge in [-0.05, 0) is 37.5 Å². The molecule has 0 amide bonds. The van der Waals surface area contributed by atoms with Crippen LogP contribution in [0.4, 0.5) is 4.39 Å². The topological polar surface area (TPSA) is 105 Å². The maximum atomic E-state index is 13.9. The molecule has 0 bridgehead atoms. The van der Waals surface area contributed by atoms with E-state index in [4.69, 9.17) is 0 Å². The number of nitrogens with zero attached hydrogens (tertiary/aromatic N) is 4. The van der Waals surface area contributed by atoms with Crippen molar-refractivity contribution in [2.24, 2.45) is 0 Å². The Bertz CT molecular complexity index is 1280. The third kappa shape index (κ3) is 2.76. The van der Waals surface area contributed by atoms with E-state index in [0.29, 0.717) is 18.5 Å². The number of aromatic amines is 1. The molecule has 1 aromatic carbocycles. The van der Waals surface area contributed by atoms with Crippen LogP contribution in [0.2, 0.25) is 0 Å². The van der Waals surface area contributed by atoms with Crippen LogP contribution in [0.1, 0.15) is 31.0 Å². The van der Waals surface area contributed by atoms with Gasteiger partial charge in [0.1, 0.15) is 16.5 Å². The van der Waals surface area contributed by atoms with E-state index < -0.39 is 15.8 Å². The molecule has 8 nitrogen and oxygen atoms in total. The Balaban J connectivity index is 1.42. The molecule has 3 heterocycles. The first-order valence-corrected chi connectivity index (χ1v) is 10.5. The number of aromatic nitrogens is 5. The van der Waals surface area contributed by atoms with Crippen molar-refractivity contribution in [3.63, 3.8) is 0 Å². The lowest BCUT2D eigenvalue weighted by Gasteiger charge is -2.14. The summed E-state index contributed by atoms with van der Waals surface area (Å²) in [7, 11) is -3.92. The summed E-state index contributed by atoms with van der Waals surface area (Å²) in [6.07, 6.45) is 5.44. The van der Waals surface area contributed by atoms with Gasteiger partial charge in [0.15, 0.2) is 11.3 Å². The summed E-state index contributed by atoms with van der Waals surface area (Å²) in [5, 5.41) is 8.53. The van der Waals surface area contributed by atoms with Gasteiger partial charge in [-0.2, -0.15) is 0 Å². The van der Waals surface area contributed by atoms with Crippen LogP contribution in [0.5, 0.6) is 0 Å². The maximum Gasteiger partial charge on any atom is 0.243 e. The first kappa shape index (κ1) is 17.3. The molecule has 10 heteroatoms.